The number of carbonyl (C=O) groups is 2. The van der Waals surface area contributed by atoms with E-state index in [1.807, 2.05) is 0 Å². The Balaban J connectivity index is 2.61. The van der Waals surface area contributed by atoms with Crippen LogP contribution in [0.5, 0.6) is 0 Å². The lowest BCUT2D eigenvalue weighted by Gasteiger charge is -2.10. The molecule has 0 aliphatic carbocycles. The van der Waals surface area contributed by atoms with Crippen molar-refractivity contribution in [1.82, 2.24) is 0 Å². The number of thioether (sulfide) groups is 1. The third-order valence-corrected chi connectivity index (χ3v) is 3.38. The highest BCUT2D eigenvalue weighted by molar-refractivity contribution is 7.99. The van der Waals surface area contributed by atoms with Gasteiger partial charge in [-0.1, -0.05) is 12.1 Å². The van der Waals surface area contributed by atoms with Gasteiger partial charge in [-0.15, -0.1) is 11.8 Å². The van der Waals surface area contributed by atoms with Crippen LogP contribution in [-0.4, -0.2) is 27.9 Å². The van der Waals surface area contributed by atoms with Crippen molar-refractivity contribution in [2.24, 2.45) is 5.92 Å². The van der Waals surface area contributed by atoms with Gasteiger partial charge in [-0.2, -0.15) is 0 Å². The molecule has 92 valence electrons. The molecule has 17 heavy (non-hydrogen) atoms. The number of hydrogen-bond acceptors (Lipinski definition) is 4. The summed E-state index contributed by atoms with van der Waals surface area (Å²) in [7, 11) is 0. The van der Waals surface area contributed by atoms with Crippen LogP contribution in [0.2, 0.25) is 0 Å². The van der Waals surface area contributed by atoms with Gasteiger partial charge in [0, 0.05) is 16.3 Å². The maximum absolute atomic E-state index is 10.8. The van der Waals surface area contributed by atoms with E-state index in [0.717, 1.165) is 4.90 Å². The second-order valence-corrected chi connectivity index (χ2v) is 4.54. The van der Waals surface area contributed by atoms with Crippen LogP contribution in [0.15, 0.2) is 29.2 Å². The van der Waals surface area contributed by atoms with Crippen LogP contribution in [0.25, 0.3) is 0 Å². The van der Waals surface area contributed by atoms with Crippen molar-refractivity contribution in [3.05, 3.63) is 24.3 Å². The first-order valence-corrected chi connectivity index (χ1v) is 5.91. The zero-order valence-electron chi connectivity index (χ0n) is 9.00. The minimum absolute atomic E-state index is 0.190. The van der Waals surface area contributed by atoms with Crippen LogP contribution in [0.1, 0.15) is 6.42 Å². The Morgan fingerprint density at radius 2 is 1.94 bits per heavy atom. The van der Waals surface area contributed by atoms with E-state index in [0.29, 0.717) is 5.69 Å². The largest absolute Gasteiger partial charge is 0.481 e. The molecule has 0 saturated carbocycles. The number of nitrogen functional groups attached to an aromatic ring is 1. The fourth-order valence-electron chi connectivity index (χ4n) is 1.23. The predicted molar refractivity (Wildman–Crippen MR) is 65.0 cm³/mol. The predicted octanol–water partition coefficient (Wildman–Crippen LogP) is 1.54. The molecule has 0 radical (unpaired) electrons. The van der Waals surface area contributed by atoms with Gasteiger partial charge in [0.05, 0.1) is 12.3 Å². The van der Waals surface area contributed by atoms with Crippen molar-refractivity contribution in [2.75, 3.05) is 11.5 Å². The Bertz CT molecular complexity index is 422. The molecule has 1 aromatic rings. The topological polar surface area (TPSA) is 101 Å². The van der Waals surface area contributed by atoms with E-state index in [4.69, 9.17) is 15.9 Å². The fraction of sp³-hybridized carbons (Fsp3) is 0.273. The van der Waals surface area contributed by atoms with E-state index in [1.54, 1.807) is 24.3 Å². The molecule has 5 nitrogen and oxygen atoms in total. The first-order chi connectivity index (χ1) is 8.00. The van der Waals surface area contributed by atoms with E-state index >= 15 is 0 Å². The molecular formula is C11H13NO4S. The number of rotatable bonds is 6. The van der Waals surface area contributed by atoms with Gasteiger partial charge in [-0.05, 0) is 12.1 Å². The molecule has 0 bridgehead atoms. The summed E-state index contributed by atoms with van der Waals surface area (Å²) in [5, 5.41) is 17.4. The standard InChI is InChI=1S/C11H13NO4S/c12-8-3-1-2-4-9(8)17-6-7(11(15)16)5-10(13)14/h1-4,7H,5-6,12H2,(H,13,14)(H,15,16)/t7-/m0/s1. The molecule has 1 rings (SSSR count). The molecule has 0 saturated heterocycles. The highest BCUT2D eigenvalue weighted by atomic mass is 32.2. The van der Waals surface area contributed by atoms with E-state index in [-0.39, 0.29) is 12.2 Å². The number of carboxylic acid groups (broad SMARTS) is 2. The molecule has 4 N–H and O–H groups in total. The van der Waals surface area contributed by atoms with Crippen molar-refractivity contribution >= 4 is 29.4 Å². The number of anilines is 1. The van der Waals surface area contributed by atoms with Crippen molar-refractivity contribution in [2.45, 2.75) is 11.3 Å². The first-order valence-electron chi connectivity index (χ1n) is 4.92. The Morgan fingerprint density at radius 3 is 2.47 bits per heavy atom. The van der Waals surface area contributed by atoms with Crippen LogP contribution in [0.4, 0.5) is 5.69 Å². The van der Waals surface area contributed by atoms with Gasteiger partial charge < -0.3 is 15.9 Å². The highest BCUT2D eigenvalue weighted by Gasteiger charge is 2.21. The van der Waals surface area contributed by atoms with Gasteiger partial charge in [0.25, 0.3) is 0 Å². The SMILES string of the molecule is Nc1ccccc1SC[C@H](CC(=O)O)C(=O)O. The third-order valence-electron chi connectivity index (χ3n) is 2.13. The van der Waals surface area contributed by atoms with Gasteiger partial charge in [-0.25, -0.2) is 0 Å². The van der Waals surface area contributed by atoms with Crippen LogP contribution >= 0.6 is 11.8 Å². The van der Waals surface area contributed by atoms with Crippen LogP contribution in [0.3, 0.4) is 0 Å². The quantitative estimate of drug-likeness (QED) is 0.526. The van der Waals surface area contributed by atoms with Crippen LogP contribution < -0.4 is 5.73 Å². The second-order valence-electron chi connectivity index (χ2n) is 3.48. The van der Waals surface area contributed by atoms with Crippen molar-refractivity contribution in [3.8, 4) is 0 Å². The van der Waals surface area contributed by atoms with Gasteiger partial charge in [0.1, 0.15) is 0 Å². The van der Waals surface area contributed by atoms with Crippen molar-refractivity contribution in [3.63, 3.8) is 0 Å². The number of hydrogen-bond donors (Lipinski definition) is 3. The molecule has 0 fully saturated rings. The van der Waals surface area contributed by atoms with E-state index in [1.165, 1.54) is 11.8 Å². The second kappa shape index (κ2) is 6.15. The summed E-state index contributed by atoms with van der Waals surface area (Å²) in [4.78, 5) is 22.1. The Labute approximate surface area is 103 Å². The maximum atomic E-state index is 10.8. The van der Waals surface area contributed by atoms with Gasteiger partial charge in [-0.3, -0.25) is 9.59 Å². The fourth-order valence-corrected chi connectivity index (χ4v) is 2.28. The van der Waals surface area contributed by atoms with Crippen LogP contribution in [0, 0.1) is 5.92 Å². The lowest BCUT2D eigenvalue weighted by molar-refractivity contribution is -0.147. The first kappa shape index (κ1) is 13.4. The smallest absolute Gasteiger partial charge is 0.307 e. The minimum Gasteiger partial charge on any atom is -0.481 e. The Morgan fingerprint density at radius 1 is 1.29 bits per heavy atom. The number of para-hydroxylation sites is 1. The molecule has 1 atom stereocenters. The molecule has 0 amide bonds. The van der Waals surface area contributed by atoms with Gasteiger partial charge in [0.15, 0.2) is 0 Å². The Kier molecular flexibility index (Phi) is 4.84. The molecule has 6 heteroatoms. The lowest BCUT2D eigenvalue weighted by Crippen LogP contribution is -2.20. The zero-order valence-corrected chi connectivity index (χ0v) is 9.81. The molecule has 1 aromatic carbocycles. The highest BCUT2D eigenvalue weighted by Crippen LogP contribution is 2.27. The maximum Gasteiger partial charge on any atom is 0.307 e. The molecular weight excluding hydrogens is 242 g/mol. The normalized spacial score (nSPS) is 12.0. The van der Waals surface area contributed by atoms with E-state index < -0.39 is 17.9 Å². The average Bonchev–Trinajstić information content (AvgIpc) is 2.25. The molecule has 0 heterocycles. The molecule has 0 aliphatic rings. The number of nitrogens with two attached hydrogens (primary N) is 1. The van der Waals surface area contributed by atoms with Crippen molar-refractivity contribution < 1.29 is 19.8 Å². The van der Waals surface area contributed by atoms with Gasteiger partial charge in [0.2, 0.25) is 0 Å². The summed E-state index contributed by atoms with van der Waals surface area (Å²) in [6, 6.07) is 7.08. The average molecular weight is 255 g/mol. The zero-order chi connectivity index (χ0) is 12.8. The molecule has 0 aromatic heterocycles. The lowest BCUT2D eigenvalue weighted by atomic mass is 10.1. The van der Waals surface area contributed by atoms with E-state index in [9.17, 15) is 9.59 Å². The third kappa shape index (κ3) is 4.36. The number of aliphatic carboxylic acids is 2. The summed E-state index contributed by atoms with van der Waals surface area (Å²) >= 11 is 1.26. The Hall–Kier alpha value is -1.69. The number of benzene rings is 1. The molecule has 0 unspecified atom stereocenters. The van der Waals surface area contributed by atoms with E-state index in [2.05, 4.69) is 0 Å². The summed E-state index contributed by atoms with van der Waals surface area (Å²) in [6.45, 7) is 0. The van der Waals surface area contributed by atoms with Crippen molar-refractivity contribution in [1.29, 1.82) is 0 Å². The monoisotopic (exact) mass is 255 g/mol. The summed E-state index contributed by atoms with van der Waals surface area (Å²) < 4.78 is 0. The number of carboxylic acids is 2. The minimum atomic E-state index is -1.11. The summed E-state index contributed by atoms with van der Waals surface area (Å²) in [5.41, 5.74) is 6.27. The molecule has 0 spiro atoms. The molecule has 0 aliphatic heterocycles. The summed E-state index contributed by atoms with van der Waals surface area (Å²) in [6.07, 6.45) is -0.380. The summed E-state index contributed by atoms with van der Waals surface area (Å²) in [5.74, 6) is -2.93. The van der Waals surface area contributed by atoms with Gasteiger partial charge >= 0.3 is 11.9 Å². The van der Waals surface area contributed by atoms with Crippen LogP contribution in [-0.2, 0) is 9.59 Å².